The Morgan fingerprint density at radius 3 is 2.50 bits per heavy atom. The number of aromatic nitrogens is 2. The molecule has 0 amide bonds. The molecule has 20 heavy (non-hydrogen) atoms. The van der Waals surface area contributed by atoms with Crippen molar-refractivity contribution in [3.05, 3.63) is 46.9 Å². The number of piperidine rings is 1. The van der Waals surface area contributed by atoms with E-state index >= 15 is 0 Å². The highest BCUT2D eigenvalue weighted by Gasteiger charge is 2.10. The van der Waals surface area contributed by atoms with E-state index in [1.807, 2.05) is 12.1 Å². The largest absolute Gasteiger partial charge is 0.372 e. The van der Waals surface area contributed by atoms with Gasteiger partial charge in [0.25, 0.3) is 5.56 Å². The lowest BCUT2D eigenvalue weighted by Crippen LogP contribution is -2.29. The highest BCUT2D eigenvalue weighted by Crippen LogP contribution is 2.22. The SMILES string of the molecule is O=c1ccnc(Nc2ccc(N3CCCCC3)cc2)[nH]1. The second-order valence-electron chi connectivity index (χ2n) is 5.00. The Labute approximate surface area is 117 Å². The first-order valence-corrected chi connectivity index (χ1v) is 6.99. The first-order chi connectivity index (χ1) is 9.81. The minimum Gasteiger partial charge on any atom is -0.372 e. The lowest BCUT2D eigenvalue weighted by Gasteiger charge is -2.28. The second-order valence-corrected chi connectivity index (χ2v) is 5.00. The van der Waals surface area contributed by atoms with Crippen molar-refractivity contribution < 1.29 is 0 Å². The first kappa shape index (κ1) is 12.7. The van der Waals surface area contributed by atoms with Gasteiger partial charge >= 0.3 is 0 Å². The van der Waals surface area contributed by atoms with Crippen molar-refractivity contribution in [3.8, 4) is 0 Å². The zero-order valence-corrected chi connectivity index (χ0v) is 11.3. The van der Waals surface area contributed by atoms with Crippen molar-refractivity contribution in [3.63, 3.8) is 0 Å². The van der Waals surface area contributed by atoms with Gasteiger partial charge in [-0.1, -0.05) is 0 Å². The van der Waals surface area contributed by atoms with Gasteiger partial charge in [-0.3, -0.25) is 9.78 Å². The lowest BCUT2D eigenvalue weighted by atomic mass is 10.1. The van der Waals surface area contributed by atoms with Crippen LogP contribution in [0.1, 0.15) is 19.3 Å². The number of nitrogens with one attached hydrogen (secondary N) is 2. The summed E-state index contributed by atoms with van der Waals surface area (Å²) in [5.41, 5.74) is 2.01. The van der Waals surface area contributed by atoms with Gasteiger partial charge in [0, 0.05) is 36.7 Å². The predicted molar refractivity (Wildman–Crippen MR) is 80.6 cm³/mol. The van der Waals surface area contributed by atoms with E-state index in [1.165, 1.54) is 37.2 Å². The van der Waals surface area contributed by atoms with Gasteiger partial charge in [0.2, 0.25) is 5.95 Å². The van der Waals surface area contributed by atoms with Gasteiger partial charge in [0.05, 0.1) is 0 Å². The average molecular weight is 270 g/mol. The Morgan fingerprint density at radius 2 is 1.80 bits per heavy atom. The van der Waals surface area contributed by atoms with Crippen molar-refractivity contribution in [2.24, 2.45) is 0 Å². The second kappa shape index (κ2) is 5.77. The summed E-state index contributed by atoms with van der Waals surface area (Å²) >= 11 is 0. The van der Waals surface area contributed by atoms with E-state index in [2.05, 4.69) is 32.3 Å². The molecule has 0 bridgehead atoms. The number of H-pyrrole nitrogens is 1. The maximum absolute atomic E-state index is 11.2. The van der Waals surface area contributed by atoms with Crippen LogP contribution in [-0.2, 0) is 0 Å². The number of benzene rings is 1. The van der Waals surface area contributed by atoms with E-state index in [0.717, 1.165) is 18.8 Å². The molecular formula is C15H18N4O. The Hall–Kier alpha value is -2.30. The number of hydrogen-bond acceptors (Lipinski definition) is 4. The summed E-state index contributed by atoms with van der Waals surface area (Å²) in [6.07, 6.45) is 5.37. The van der Waals surface area contributed by atoms with E-state index in [1.54, 1.807) is 0 Å². The monoisotopic (exact) mass is 270 g/mol. The van der Waals surface area contributed by atoms with Crippen LogP contribution in [-0.4, -0.2) is 23.1 Å². The van der Waals surface area contributed by atoms with Gasteiger partial charge in [-0.15, -0.1) is 0 Å². The molecular weight excluding hydrogens is 252 g/mol. The minimum atomic E-state index is -0.160. The van der Waals surface area contributed by atoms with Crippen LogP contribution in [0, 0.1) is 0 Å². The Balaban J connectivity index is 1.71. The molecule has 2 N–H and O–H groups in total. The summed E-state index contributed by atoms with van der Waals surface area (Å²) in [5.74, 6) is 0.461. The zero-order valence-electron chi connectivity index (χ0n) is 11.3. The molecule has 0 atom stereocenters. The van der Waals surface area contributed by atoms with Crippen LogP contribution in [0.2, 0.25) is 0 Å². The van der Waals surface area contributed by atoms with E-state index in [-0.39, 0.29) is 5.56 Å². The van der Waals surface area contributed by atoms with Crippen LogP contribution >= 0.6 is 0 Å². The molecule has 104 valence electrons. The summed E-state index contributed by atoms with van der Waals surface area (Å²) < 4.78 is 0. The van der Waals surface area contributed by atoms with Crippen LogP contribution in [0.25, 0.3) is 0 Å². The molecule has 1 fully saturated rings. The third kappa shape index (κ3) is 2.99. The Morgan fingerprint density at radius 1 is 1.05 bits per heavy atom. The molecule has 2 aromatic rings. The van der Waals surface area contributed by atoms with Gasteiger partial charge < -0.3 is 10.2 Å². The van der Waals surface area contributed by atoms with Crippen molar-refractivity contribution in [2.45, 2.75) is 19.3 Å². The molecule has 3 rings (SSSR count). The fourth-order valence-electron chi connectivity index (χ4n) is 2.48. The highest BCUT2D eigenvalue weighted by atomic mass is 16.1. The fourth-order valence-corrected chi connectivity index (χ4v) is 2.48. The fraction of sp³-hybridized carbons (Fsp3) is 0.333. The van der Waals surface area contributed by atoms with E-state index in [0.29, 0.717) is 5.95 Å². The van der Waals surface area contributed by atoms with Gasteiger partial charge in [-0.2, -0.15) is 0 Å². The summed E-state index contributed by atoms with van der Waals surface area (Å²) in [5, 5.41) is 3.09. The molecule has 1 aromatic heterocycles. The number of aromatic amines is 1. The third-order valence-corrected chi connectivity index (χ3v) is 3.52. The number of rotatable bonds is 3. The van der Waals surface area contributed by atoms with Crippen LogP contribution in [0.15, 0.2) is 41.3 Å². The zero-order chi connectivity index (χ0) is 13.8. The number of nitrogens with zero attached hydrogens (tertiary/aromatic N) is 2. The minimum absolute atomic E-state index is 0.160. The molecule has 1 aromatic carbocycles. The van der Waals surface area contributed by atoms with E-state index < -0.39 is 0 Å². The average Bonchev–Trinajstić information content (AvgIpc) is 2.49. The maximum Gasteiger partial charge on any atom is 0.252 e. The van der Waals surface area contributed by atoms with Gasteiger partial charge in [-0.05, 0) is 43.5 Å². The third-order valence-electron chi connectivity index (χ3n) is 3.52. The van der Waals surface area contributed by atoms with Crippen LogP contribution in [0.3, 0.4) is 0 Å². The van der Waals surface area contributed by atoms with Gasteiger partial charge in [0.15, 0.2) is 0 Å². The number of anilines is 3. The Bertz CT molecular complexity index is 614. The smallest absolute Gasteiger partial charge is 0.252 e. The molecule has 0 radical (unpaired) electrons. The standard InChI is InChI=1S/C15H18N4O/c20-14-8-9-16-15(18-14)17-12-4-6-13(7-5-12)19-10-2-1-3-11-19/h4-9H,1-3,10-11H2,(H2,16,17,18,20). The van der Waals surface area contributed by atoms with Crippen molar-refractivity contribution in [1.82, 2.24) is 9.97 Å². The number of hydrogen-bond donors (Lipinski definition) is 2. The van der Waals surface area contributed by atoms with Crippen molar-refractivity contribution >= 4 is 17.3 Å². The molecule has 1 aliphatic rings. The Kier molecular flexibility index (Phi) is 3.67. The maximum atomic E-state index is 11.2. The molecule has 1 saturated heterocycles. The predicted octanol–water partition coefficient (Wildman–Crippen LogP) is 2.50. The summed E-state index contributed by atoms with van der Waals surface area (Å²) in [6.45, 7) is 2.28. The van der Waals surface area contributed by atoms with Crippen molar-refractivity contribution in [2.75, 3.05) is 23.3 Å². The molecule has 5 heteroatoms. The molecule has 2 heterocycles. The van der Waals surface area contributed by atoms with E-state index in [9.17, 15) is 4.79 Å². The summed E-state index contributed by atoms with van der Waals surface area (Å²) in [6, 6.07) is 9.63. The molecule has 1 aliphatic heterocycles. The lowest BCUT2D eigenvalue weighted by molar-refractivity contribution is 0.578. The normalized spacial score (nSPS) is 15.1. The molecule has 0 unspecified atom stereocenters. The van der Waals surface area contributed by atoms with Gasteiger partial charge in [0.1, 0.15) is 0 Å². The highest BCUT2D eigenvalue weighted by molar-refractivity contribution is 5.59. The molecule has 0 saturated carbocycles. The van der Waals surface area contributed by atoms with E-state index in [4.69, 9.17) is 0 Å². The van der Waals surface area contributed by atoms with Crippen LogP contribution in [0.4, 0.5) is 17.3 Å². The topological polar surface area (TPSA) is 61.0 Å². The first-order valence-electron chi connectivity index (χ1n) is 6.99. The molecule has 5 nitrogen and oxygen atoms in total. The van der Waals surface area contributed by atoms with Crippen LogP contribution < -0.4 is 15.8 Å². The molecule has 0 spiro atoms. The van der Waals surface area contributed by atoms with Crippen LogP contribution in [0.5, 0.6) is 0 Å². The molecule has 0 aliphatic carbocycles. The van der Waals surface area contributed by atoms with Gasteiger partial charge in [-0.25, -0.2) is 4.98 Å². The summed E-state index contributed by atoms with van der Waals surface area (Å²) in [7, 11) is 0. The summed E-state index contributed by atoms with van der Waals surface area (Å²) in [4.78, 5) is 20.3. The quantitative estimate of drug-likeness (QED) is 0.899. The van der Waals surface area contributed by atoms with Crippen molar-refractivity contribution in [1.29, 1.82) is 0 Å².